The zero-order chi connectivity index (χ0) is 17.2. The fourth-order valence-electron chi connectivity index (χ4n) is 2.55. The fourth-order valence-corrected chi connectivity index (χ4v) is 2.55. The number of hydrogen-bond acceptors (Lipinski definition) is 4. The van der Waals surface area contributed by atoms with Crippen LogP contribution in [0.1, 0.15) is 5.76 Å². The zero-order valence-electron chi connectivity index (χ0n) is 13.0. The van der Waals surface area contributed by atoms with Crippen LogP contribution in [0.15, 0.2) is 85.8 Å². The van der Waals surface area contributed by atoms with E-state index in [2.05, 4.69) is 10.1 Å². The van der Waals surface area contributed by atoms with E-state index in [0.717, 1.165) is 10.2 Å². The first-order valence-corrected chi connectivity index (χ1v) is 7.66. The molecule has 4 aromatic rings. The monoisotopic (exact) mass is 331 g/mol. The summed E-state index contributed by atoms with van der Waals surface area (Å²) in [7, 11) is 0. The molecule has 2 heterocycles. The molecule has 0 amide bonds. The highest BCUT2D eigenvalue weighted by Gasteiger charge is 2.06. The van der Waals surface area contributed by atoms with E-state index in [1.165, 1.54) is 6.21 Å². The van der Waals surface area contributed by atoms with Crippen LogP contribution in [0.2, 0.25) is 0 Å². The van der Waals surface area contributed by atoms with Gasteiger partial charge in [0.25, 0.3) is 5.56 Å². The van der Waals surface area contributed by atoms with Gasteiger partial charge >= 0.3 is 5.69 Å². The van der Waals surface area contributed by atoms with Gasteiger partial charge in [-0.25, -0.2) is 4.79 Å². The molecule has 0 aliphatic heterocycles. The molecular weight excluding hydrogens is 318 g/mol. The van der Waals surface area contributed by atoms with Gasteiger partial charge in [0, 0.05) is 5.56 Å². The molecule has 0 fully saturated rings. The first-order valence-electron chi connectivity index (χ1n) is 7.66. The minimum atomic E-state index is -0.602. The minimum Gasteiger partial charge on any atom is -0.455 e. The first-order chi connectivity index (χ1) is 12.2. The Morgan fingerprint density at radius 2 is 1.68 bits per heavy atom. The average Bonchev–Trinajstić information content (AvgIpc) is 3.11. The summed E-state index contributed by atoms with van der Waals surface area (Å²) < 4.78 is 6.47. The maximum absolute atomic E-state index is 12.4. The van der Waals surface area contributed by atoms with Crippen LogP contribution >= 0.6 is 0 Å². The quantitative estimate of drug-likeness (QED) is 0.586. The summed E-state index contributed by atoms with van der Waals surface area (Å²) in [6.45, 7) is 0. The van der Waals surface area contributed by atoms with Gasteiger partial charge in [-0.1, -0.05) is 42.5 Å². The van der Waals surface area contributed by atoms with Crippen molar-refractivity contribution in [3.63, 3.8) is 0 Å². The van der Waals surface area contributed by atoms with Gasteiger partial charge in [-0.15, -0.1) is 4.68 Å². The lowest BCUT2D eigenvalue weighted by Crippen LogP contribution is -2.32. The van der Waals surface area contributed by atoms with Crippen LogP contribution in [0.4, 0.5) is 0 Å². The molecule has 0 atom stereocenters. The largest absolute Gasteiger partial charge is 0.455 e. The van der Waals surface area contributed by atoms with Gasteiger partial charge in [0.2, 0.25) is 0 Å². The highest BCUT2D eigenvalue weighted by molar-refractivity contribution is 5.78. The van der Waals surface area contributed by atoms with Crippen molar-refractivity contribution in [1.29, 1.82) is 0 Å². The van der Waals surface area contributed by atoms with Crippen LogP contribution in [0.3, 0.4) is 0 Å². The van der Waals surface area contributed by atoms with Crippen molar-refractivity contribution in [3.8, 4) is 11.3 Å². The van der Waals surface area contributed by atoms with Gasteiger partial charge in [-0.3, -0.25) is 4.79 Å². The number of benzene rings is 2. The predicted octanol–water partition coefficient (Wildman–Crippen LogP) is 2.83. The Hall–Kier alpha value is -3.67. The zero-order valence-corrected chi connectivity index (χ0v) is 13.0. The maximum Gasteiger partial charge on any atom is 0.349 e. The van der Waals surface area contributed by atoms with Crippen LogP contribution in [0.5, 0.6) is 0 Å². The second kappa shape index (κ2) is 6.09. The van der Waals surface area contributed by atoms with E-state index in [0.29, 0.717) is 22.4 Å². The van der Waals surface area contributed by atoms with Crippen LogP contribution in [-0.2, 0) is 0 Å². The molecule has 6 heteroatoms. The molecule has 4 rings (SSSR count). The minimum absolute atomic E-state index is 0.392. The second-order valence-electron chi connectivity index (χ2n) is 5.41. The van der Waals surface area contributed by atoms with E-state index in [9.17, 15) is 9.59 Å². The van der Waals surface area contributed by atoms with Gasteiger partial charge in [0.1, 0.15) is 11.5 Å². The lowest BCUT2D eigenvalue weighted by Gasteiger charge is -2.00. The lowest BCUT2D eigenvalue weighted by molar-refractivity contribution is 0.573. The number of aromatic amines is 1. The molecule has 0 aliphatic carbocycles. The van der Waals surface area contributed by atoms with E-state index in [1.54, 1.807) is 30.3 Å². The smallest absolute Gasteiger partial charge is 0.349 e. The summed E-state index contributed by atoms with van der Waals surface area (Å²) >= 11 is 0. The number of rotatable bonds is 3. The number of aromatic nitrogens is 2. The Morgan fingerprint density at radius 1 is 0.920 bits per heavy atom. The number of para-hydroxylation sites is 1. The van der Waals surface area contributed by atoms with Crippen LogP contribution < -0.4 is 11.2 Å². The molecule has 0 saturated carbocycles. The third-order valence-electron chi connectivity index (χ3n) is 3.77. The molecule has 122 valence electrons. The summed E-state index contributed by atoms with van der Waals surface area (Å²) in [6, 6.07) is 19.9. The van der Waals surface area contributed by atoms with Crippen molar-refractivity contribution in [1.82, 2.24) is 9.66 Å². The van der Waals surface area contributed by atoms with E-state index in [4.69, 9.17) is 4.42 Å². The molecule has 25 heavy (non-hydrogen) atoms. The summed E-state index contributed by atoms with van der Waals surface area (Å²) in [4.78, 5) is 27.1. The van der Waals surface area contributed by atoms with E-state index < -0.39 is 11.2 Å². The van der Waals surface area contributed by atoms with Crippen molar-refractivity contribution in [3.05, 3.63) is 93.3 Å². The van der Waals surface area contributed by atoms with E-state index in [1.807, 2.05) is 36.4 Å². The SMILES string of the molecule is O=c1[nH]c2ccccc2c(=O)n1N=Cc1ccc(-c2ccccc2)o1. The third kappa shape index (κ3) is 2.81. The molecule has 2 aromatic heterocycles. The molecule has 6 nitrogen and oxygen atoms in total. The highest BCUT2D eigenvalue weighted by atomic mass is 16.3. The molecule has 0 unspecified atom stereocenters. The molecule has 2 aromatic carbocycles. The molecule has 0 radical (unpaired) electrons. The number of furan rings is 1. The van der Waals surface area contributed by atoms with E-state index in [-0.39, 0.29) is 0 Å². The third-order valence-corrected chi connectivity index (χ3v) is 3.77. The summed E-state index contributed by atoms with van der Waals surface area (Å²) in [6.07, 6.45) is 1.35. The second-order valence-corrected chi connectivity index (χ2v) is 5.41. The number of hydrogen-bond donors (Lipinski definition) is 1. The summed E-state index contributed by atoms with van der Waals surface area (Å²) in [5.74, 6) is 1.13. The van der Waals surface area contributed by atoms with Crippen molar-refractivity contribution in [2.75, 3.05) is 0 Å². The van der Waals surface area contributed by atoms with Crippen molar-refractivity contribution >= 4 is 17.1 Å². The maximum atomic E-state index is 12.4. The van der Waals surface area contributed by atoms with Gasteiger partial charge in [0.15, 0.2) is 0 Å². The lowest BCUT2D eigenvalue weighted by atomic mass is 10.2. The molecule has 0 spiro atoms. The molecule has 0 aliphatic rings. The fraction of sp³-hybridized carbons (Fsp3) is 0. The Labute approximate surface area is 141 Å². The Kier molecular flexibility index (Phi) is 3.63. The first kappa shape index (κ1) is 14.9. The number of fused-ring (bicyclic) bond motifs is 1. The van der Waals surface area contributed by atoms with Crippen LogP contribution in [0.25, 0.3) is 22.2 Å². The predicted molar refractivity (Wildman–Crippen MR) is 96.0 cm³/mol. The van der Waals surface area contributed by atoms with E-state index >= 15 is 0 Å². The van der Waals surface area contributed by atoms with Gasteiger partial charge in [-0.2, -0.15) is 5.10 Å². The van der Waals surface area contributed by atoms with Gasteiger partial charge in [0.05, 0.1) is 17.1 Å². The number of H-pyrrole nitrogens is 1. The standard InChI is InChI=1S/C19H13N3O3/c23-18-15-8-4-5-9-16(15)21-19(24)22(18)20-12-14-10-11-17(25-14)13-6-2-1-3-7-13/h1-12H,(H,21,24). The molecule has 1 N–H and O–H groups in total. The topological polar surface area (TPSA) is 80.4 Å². The van der Waals surface area contributed by atoms with Crippen LogP contribution in [-0.4, -0.2) is 15.9 Å². The van der Waals surface area contributed by atoms with Gasteiger partial charge < -0.3 is 9.40 Å². The molecule has 0 saturated heterocycles. The van der Waals surface area contributed by atoms with Gasteiger partial charge in [-0.05, 0) is 24.3 Å². The van der Waals surface area contributed by atoms with Crippen molar-refractivity contribution in [2.24, 2.45) is 5.10 Å². The summed E-state index contributed by atoms with van der Waals surface area (Å²) in [5.41, 5.74) is 0.330. The Balaban J connectivity index is 1.71. The van der Waals surface area contributed by atoms with Crippen molar-refractivity contribution < 1.29 is 4.42 Å². The highest BCUT2D eigenvalue weighted by Crippen LogP contribution is 2.20. The molecular formula is C19H13N3O3. The Bertz CT molecular complexity index is 1180. The van der Waals surface area contributed by atoms with Crippen LogP contribution in [0, 0.1) is 0 Å². The average molecular weight is 331 g/mol. The number of nitrogens with zero attached hydrogens (tertiary/aromatic N) is 2. The van der Waals surface area contributed by atoms with Crippen molar-refractivity contribution in [2.45, 2.75) is 0 Å². The summed E-state index contributed by atoms with van der Waals surface area (Å²) in [5, 5.41) is 4.37. The molecule has 0 bridgehead atoms. The Morgan fingerprint density at radius 3 is 2.52 bits per heavy atom. The normalized spacial score (nSPS) is 11.4. The number of nitrogens with one attached hydrogen (secondary N) is 1.